The van der Waals surface area contributed by atoms with Gasteiger partial charge >= 0.3 is 0 Å². The third-order valence-electron chi connectivity index (χ3n) is 4.64. The zero-order valence-corrected chi connectivity index (χ0v) is 15.7. The number of methoxy groups -OCH3 is 1. The second kappa shape index (κ2) is 6.93. The lowest BCUT2D eigenvalue weighted by Crippen LogP contribution is -2.32. The molecule has 1 N–H and O–H groups in total. The van der Waals surface area contributed by atoms with Crippen LogP contribution in [0.25, 0.3) is 0 Å². The minimum absolute atomic E-state index is 0.0904. The van der Waals surface area contributed by atoms with Crippen molar-refractivity contribution >= 4 is 28.9 Å². The minimum atomic E-state index is -0.415. The Labute approximate surface area is 162 Å². The summed E-state index contributed by atoms with van der Waals surface area (Å²) < 4.78 is 5.23. The van der Waals surface area contributed by atoms with E-state index in [0.29, 0.717) is 16.3 Å². The van der Waals surface area contributed by atoms with Crippen molar-refractivity contribution in [3.8, 4) is 5.75 Å². The molecular formula is C21H18ClN3O2. The van der Waals surface area contributed by atoms with Gasteiger partial charge in [0.25, 0.3) is 5.91 Å². The summed E-state index contributed by atoms with van der Waals surface area (Å²) in [5.74, 6) is 0.645. The van der Waals surface area contributed by atoms with E-state index in [2.05, 4.69) is 10.3 Å². The average Bonchev–Trinajstić information content (AvgIpc) is 2.96. The summed E-state index contributed by atoms with van der Waals surface area (Å²) in [6, 6.07) is 16.6. The van der Waals surface area contributed by atoms with Crippen molar-refractivity contribution in [1.82, 2.24) is 4.98 Å². The Balaban J connectivity index is 1.77. The number of carbonyl (C=O) groups excluding carboxylic acids is 1. The summed E-state index contributed by atoms with van der Waals surface area (Å²) in [7, 11) is 1.61. The molecule has 3 aromatic rings. The van der Waals surface area contributed by atoms with Crippen LogP contribution in [-0.4, -0.2) is 18.0 Å². The number of amides is 1. The molecule has 136 valence electrons. The van der Waals surface area contributed by atoms with Crippen molar-refractivity contribution in [2.75, 3.05) is 17.3 Å². The van der Waals surface area contributed by atoms with Gasteiger partial charge < -0.3 is 10.1 Å². The third kappa shape index (κ3) is 3.11. The maximum Gasteiger partial charge on any atom is 0.262 e. The second-order valence-corrected chi connectivity index (χ2v) is 6.75. The third-order valence-corrected chi connectivity index (χ3v) is 4.87. The topological polar surface area (TPSA) is 54.5 Å². The van der Waals surface area contributed by atoms with Gasteiger partial charge in [0.1, 0.15) is 5.75 Å². The molecule has 1 amide bonds. The van der Waals surface area contributed by atoms with Crippen LogP contribution in [-0.2, 0) is 0 Å². The van der Waals surface area contributed by atoms with E-state index in [1.54, 1.807) is 30.3 Å². The summed E-state index contributed by atoms with van der Waals surface area (Å²) in [5.41, 5.74) is 3.95. The predicted octanol–water partition coefficient (Wildman–Crippen LogP) is 4.82. The molecule has 27 heavy (non-hydrogen) atoms. The number of carbonyl (C=O) groups is 1. The quantitative estimate of drug-likeness (QED) is 0.705. The molecule has 6 heteroatoms. The maximum absolute atomic E-state index is 13.1. The lowest BCUT2D eigenvalue weighted by Gasteiger charge is -2.27. The van der Waals surface area contributed by atoms with Crippen molar-refractivity contribution < 1.29 is 9.53 Å². The average molecular weight is 380 g/mol. The first-order chi connectivity index (χ1) is 13.1. The Morgan fingerprint density at radius 3 is 2.63 bits per heavy atom. The van der Waals surface area contributed by atoms with Crippen molar-refractivity contribution in [2.24, 2.45) is 0 Å². The number of nitrogens with one attached hydrogen (secondary N) is 1. The molecule has 1 aliphatic rings. The molecule has 2 aromatic carbocycles. The molecular weight excluding hydrogens is 362 g/mol. The van der Waals surface area contributed by atoms with Crippen LogP contribution < -0.4 is 15.0 Å². The van der Waals surface area contributed by atoms with Crippen LogP contribution in [0.2, 0.25) is 5.02 Å². The zero-order chi connectivity index (χ0) is 19.0. The van der Waals surface area contributed by atoms with E-state index < -0.39 is 6.17 Å². The highest BCUT2D eigenvalue weighted by atomic mass is 35.5. The van der Waals surface area contributed by atoms with Crippen molar-refractivity contribution in [2.45, 2.75) is 13.1 Å². The highest BCUT2D eigenvalue weighted by molar-refractivity contribution is 6.30. The van der Waals surface area contributed by atoms with E-state index in [1.165, 1.54) is 0 Å². The molecule has 0 fully saturated rings. The lowest BCUT2D eigenvalue weighted by molar-refractivity contribution is 0.0993. The number of hydrogen-bond acceptors (Lipinski definition) is 4. The molecule has 1 aliphatic heterocycles. The summed E-state index contributed by atoms with van der Waals surface area (Å²) in [6.45, 7) is 1.97. The van der Waals surface area contributed by atoms with E-state index in [1.807, 2.05) is 49.4 Å². The first-order valence-electron chi connectivity index (χ1n) is 8.53. The van der Waals surface area contributed by atoms with Gasteiger partial charge in [-0.25, -0.2) is 0 Å². The van der Waals surface area contributed by atoms with E-state index in [9.17, 15) is 4.79 Å². The molecule has 0 saturated carbocycles. The molecule has 0 aliphatic carbocycles. The largest absolute Gasteiger partial charge is 0.497 e. The minimum Gasteiger partial charge on any atom is -0.497 e. The van der Waals surface area contributed by atoms with E-state index in [0.717, 1.165) is 22.7 Å². The molecule has 0 unspecified atom stereocenters. The molecule has 5 nitrogen and oxygen atoms in total. The van der Waals surface area contributed by atoms with Crippen LogP contribution >= 0.6 is 11.6 Å². The highest BCUT2D eigenvalue weighted by Crippen LogP contribution is 2.38. The summed E-state index contributed by atoms with van der Waals surface area (Å²) in [5, 5.41) is 4.13. The SMILES string of the molecule is COc1ccc(N2C(=O)c3cccnc3[C@@H]2Nc2ccc(Cl)cc2C)cc1. The van der Waals surface area contributed by atoms with Crippen molar-refractivity contribution in [3.05, 3.63) is 82.6 Å². The molecule has 2 heterocycles. The van der Waals surface area contributed by atoms with Crippen LogP contribution in [0.3, 0.4) is 0 Å². The monoisotopic (exact) mass is 379 g/mol. The molecule has 0 radical (unpaired) electrons. The summed E-state index contributed by atoms with van der Waals surface area (Å²) in [4.78, 5) is 19.3. The van der Waals surface area contributed by atoms with Gasteiger partial charge in [0.2, 0.25) is 0 Å². The number of aryl methyl sites for hydroxylation is 1. The number of aromatic nitrogens is 1. The van der Waals surface area contributed by atoms with Gasteiger partial charge in [-0.15, -0.1) is 0 Å². The van der Waals surface area contributed by atoms with Gasteiger partial charge in [-0.1, -0.05) is 11.6 Å². The normalized spacial score (nSPS) is 15.6. The molecule has 4 rings (SSSR count). The Morgan fingerprint density at radius 2 is 1.93 bits per heavy atom. The van der Waals surface area contributed by atoms with Crippen molar-refractivity contribution in [3.63, 3.8) is 0 Å². The van der Waals surface area contributed by atoms with E-state index in [4.69, 9.17) is 16.3 Å². The van der Waals surface area contributed by atoms with Gasteiger partial charge in [0.05, 0.1) is 18.4 Å². The number of halogens is 1. The van der Waals surface area contributed by atoms with Gasteiger partial charge in [-0.05, 0) is 67.1 Å². The fourth-order valence-corrected chi connectivity index (χ4v) is 3.49. The number of hydrogen-bond donors (Lipinski definition) is 1. The number of nitrogens with zero attached hydrogens (tertiary/aromatic N) is 2. The van der Waals surface area contributed by atoms with Crippen LogP contribution in [0.1, 0.15) is 27.8 Å². The standard InChI is InChI=1S/C21H18ClN3O2/c1-13-12-14(22)5-10-18(13)24-20-19-17(4-3-11-23-19)21(26)25(20)15-6-8-16(27-2)9-7-15/h3-12,20,24H,1-2H3/t20-/m1/s1. The fraction of sp³-hybridized carbons (Fsp3) is 0.143. The predicted molar refractivity (Wildman–Crippen MR) is 107 cm³/mol. The number of rotatable bonds is 4. The van der Waals surface area contributed by atoms with Crippen LogP contribution in [0.5, 0.6) is 5.75 Å². The molecule has 1 aromatic heterocycles. The Morgan fingerprint density at radius 1 is 1.15 bits per heavy atom. The molecule has 0 spiro atoms. The molecule has 0 bridgehead atoms. The maximum atomic E-state index is 13.1. The molecule has 0 saturated heterocycles. The smallest absolute Gasteiger partial charge is 0.262 e. The first-order valence-corrected chi connectivity index (χ1v) is 8.91. The molecule has 1 atom stereocenters. The first kappa shape index (κ1) is 17.4. The number of benzene rings is 2. The number of anilines is 2. The van der Waals surface area contributed by atoms with Gasteiger partial charge in [0.15, 0.2) is 6.17 Å². The van der Waals surface area contributed by atoms with Crippen LogP contribution in [0, 0.1) is 6.92 Å². The number of pyridine rings is 1. The van der Waals surface area contributed by atoms with E-state index in [-0.39, 0.29) is 5.91 Å². The fourth-order valence-electron chi connectivity index (χ4n) is 3.26. The number of fused-ring (bicyclic) bond motifs is 1. The second-order valence-electron chi connectivity index (χ2n) is 6.32. The van der Waals surface area contributed by atoms with Crippen molar-refractivity contribution in [1.29, 1.82) is 0 Å². The lowest BCUT2D eigenvalue weighted by atomic mass is 10.1. The van der Waals surface area contributed by atoms with Gasteiger partial charge in [0, 0.05) is 22.6 Å². The Kier molecular flexibility index (Phi) is 4.46. The Bertz CT molecular complexity index is 1000. The highest BCUT2D eigenvalue weighted by Gasteiger charge is 2.39. The summed E-state index contributed by atoms with van der Waals surface area (Å²) in [6.07, 6.45) is 1.29. The number of ether oxygens (including phenoxy) is 1. The Hall–Kier alpha value is -3.05. The van der Waals surface area contributed by atoms with Gasteiger partial charge in [-0.2, -0.15) is 0 Å². The van der Waals surface area contributed by atoms with Crippen LogP contribution in [0.4, 0.5) is 11.4 Å². The van der Waals surface area contributed by atoms with Crippen LogP contribution in [0.15, 0.2) is 60.8 Å². The van der Waals surface area contributed by atoms with Gasteiger partial charge in [-0.3, -0.25) is 14.7 Å². The summed E-state index contributed by atoms with van der Waals surface area (Å²) >= 11 is 6.07. The zero-order valence-electron chi connectivity index (χ0n) is 14.9. The van der Waals surface area contributed by atoms with E-state index >= 15 is 0 Å².